The van der Waals surface area contributed by atoms with Gasteiger partial charge in [-0.2, -0.15) is 0 Å². The van der Waals surface area contributed by atoms with Crippen LogP contribution in [0.4, 0.5) is 5.69 Å². The Labute approximate surface area is 148 Å². The summed E-state index contributed by atoms with van der Waals surface area (Å²) < 4.78 is 5.56. The number of cyclic esters (lactones) is 1. The summed E-state index contributed by atoms with van der Waals surface area (Å²) >= 11 is 0. The van der Waals surface area contributed by atoms with Crippen LogP contribution < -0.4 is 5.32 Å². The highest BCUT2D eigenvalue weighted by Gasteiger charge is 2.40. The number of nitrogens with one attached hydrogen (secondary N) is 1. The van der Waals surface area contributed by atoms with Crippen molar-refractivity contribution in [1.82, 2.24) is 4.90 Å². The van der Waals surface area contributed by atoms with Crippen LogP contribution in [0.1, 0.15) is 32.3 Å². The van der Waals surface area contributed by atoms with Gasteiger partial charge in [0, 0.05) is 30.8 Å². The van der Waals surface area contributed by atoms with E-state index < -0.39 is 0 Å². The highest BCUT2D eigenvalue weighted by molar-refractivity contribution is 5.94. The molecule has 0 aromatic heterocycles. The highest BCUT2D eigenvalue weighted by atomic mass is 16.5. The van der Waals surface area contributed by atoms with E-state index in [1.54, 1.807) is 0 Å². The Kier molecular flexibility index (Phi) is 4.02. The zero-order chi connectivity index (χ0) is 17.6. The molecular formula is C20H24N2O3. The molecule has 4 rings (SSSR count). The molecule has 0 fully saturated rings. The van der Waals surface area contributed by atoms with Crippen LogP contribution in [0.5, 0.6) is 0 Å². The van der Waals surface area contributed by atoms with Crippen LogP contribution in [0, 0.1) is 5.92 Å². The van der Waals surface area contributed by atoms with E-state index in [0.29, 0.717) is 25.4 Å². The summed E-state index contributed by atoms with van der Waals surface area (Å²) in [5, 5.41) is 3.34. The van der Waals surface area contributed by atoms with Crippen LogP contribution in [0.25, 0.3) is 0 Å². The van der Waals surface area contributed by atoms with Crippen molar-refractivity contribution in [2.75, 3.05) is 18.4 Å². The monoisotopic (exact) mass is 340 g/mol. The van der Waals surface area contributed by atoms with Crippen molar-refractivity contribution in [2.45, 2.75) is 45.3 Å². The standard InChI is InChI=1S/C20H24N2O3/c1-12(2)9-18-15-11-22(8-7-14(15)20(24)25-18)19(23)17-10-13-5-3-4-6-16(13)21-17/h3-6,12,17-18,21H,7-11H2,1-2H3. The number of anilines is 1. The number of carbonyl (C=O) groups is 2. The van der Waals surface area contributed by atoms with Gasteiger partial charge in [0.25, 0.3) is 0 Å². The number of amides is 1. The van der Waals surface area contributed by atoms with Crippen molar-refractivity contribution < 1.29 is 14.3 Å². The minimum Gasteiger partial charge on any atom is -0.454 e. The molecule has 3 aliphatic heterocycles. The van der Waals surface area contributed by atoms with Crippen molar-refractivity contribution in [3.63, 3.8) is 0 Å². The first-order valence-electron chi connectivity index (χ1n) is 9.09. The third-order valence-electron chi connectivity index (χ3n) is 5.33. The first-order valence-corrected chi connectivity index (χ1v) is 9.09. The van der Waals surface area contributed by atoms with Gasteiger partial charge in [-0.3, -0.25) is 4.79 Å². The molecule has 25 heavy (non-hydrogen) atoms. The average molecular weight is 340 g/mol. The molecule has 0 spiro atoms. The maximum absolute atomic E-state index is 13.0. The summed E-state index contributed by atoms with van der Waals surface area (Å²) in [5.41, 5.74) is 4.07. The first kappa shape index (κ1) is 16.2. The fourth-order valence-corrected chi connectivity index (χ4v) is 4.06. The molecule has 132 valence electrons. The lowest BCUT2D eigenvalue weighted by atomic mass is 9.93. The molecule has 3 aliphatic rings. The van der Waals surface area contributed by atoms with Gasteiger partial charge in [0.1, 0.15) is 12.1 Å². The van der Waals surface area contributed by atoms with Gasteiger partial charge in [-0.05, 0) is 36.0 Å². The van der Waals surface area contributed by atoms with E-state index in [9.17, 15) is 9.59 Å². The summed E-state index contributed by atoms with van der Waals surface area (Å²) in [6, 6.07) is 7.86. The topological polar surface area (TPSA) is 58.6 Å². The lowest BCUT2D eigenvalue weighted by Gasteiger charge is -2.31. The van der Waals surface area contributed by atoms with Crippen LogP contribution in [0.2, 0.25) is 0 Å². The highest BCUT2D eigenvalue weighted by Crippen LogP contribution is 2.34. The molecule has 0 saturated heterocycles. The van der Waals surface area contributed by atoms with Gasteiger partial charge in [0.2, 0.25) is 5.91 Å². The fourth-order valence-electron chi connectivity index (χ4n) is 4.06. The number of hydrogen-bond acceptors (Lipinski definition) is 4. The van der Waals surface area contributed by atoms with Crippen molar-refractivity contribution >= 4 is 17.6 Å². The second-order valence-electron chi connectivity index (χ2n) is 7.60. The Balaban J connectivity index is 1.48. The van der Waals surface area contributed by atoms with Crippen molar-refractivity contribution in [3.8, 4) is 0 Å². The lowest BCUT2D eigenvalue weighted by molar-refractivity contribution is -0.140. The molecule has 3 heterocycles. The molecule has 2 atom stereocenters. The summed E-state index contributed by atoms with van der Waals surface area (Å²) in [5.74, 6) is 0.381. The van der Waals surface area contributed by atoms with Crippen LogP contribution in [-0.2, 0) is 20.7 Å². The molecule has 5 heteroatoms. The zero-order valence-electron chi connectivity index (χ0n) is 14.7. The quantitative estimate of drug-likeness (QED) is 0.859. The molecule has 1 aromatic carbocycles. The van der Waals surface area contributed by atoms with E-state index in [-0.39, 0.29) is 24.0 Å². The smallest absolute Gasteiger partial charge is 0.334 e. The van der Waals surface area contributed by atoms with Gasteiger partial charge in [-0.15, -0.1) is 0 Å². The van der Waals surface area contributed by atoms with Crippen molar-refractivity contribution in [1.29, 1.82) is 0 Å². The average Bonchev–Trinajstić information content (AvgIpc) is 3.15. The number of fused-ring (bicyclic) bond motifs is 1. The van der Waals surface area contributed by atoms with Gasteiger partial charge >= 0.3 is 5.97 Å². The fraction of sp³-hybridized carbons (Fsp3) is 0.500. The molecule has 0 saturated carbocycles. The minimum absolute atomic E-state index is 0.116. The molecule has 0 bridgehead atoms. The molecule has 1 amide bonds. The lowest BCUT2D eigenvalue weighted by Crippen LogP contribution is -2.46. The number of rotatable bonds is 3. The van der Waals surface area contributed by atoms with Crippen LogP contribution in [-0.4, -0.2) is 42.0 Å². The summed E-state index contributed by atoms with van der Waals surface area (Å²) in [7, 11) is 0. The number of benzene rings is 1. The third kappa shape index (κ3) is 2.92. The van der Waals surface area contributed by atoms with Gasteiger partial charge in [-0.25, -0.2) is 4.79 Å². The van der Waals surface area contributed by atoms with E-state index >= 15 is 0 Å². The van der Waals surface area contributed by atoms with Gasteiger partial charge in [0.15, 0.2) is 0 Å². The largest absolute Gasteiger partial charge is 0.454 e. The van der Waals surface area contributed by atoms with Crippen LogP contribution >= 0.6 is 0 Å². The second kappa shape index (κ2) is 6.21. The zero-order valence-corrected chi connectivity index (χ0v) is 14.7. The normalized spacial score (nSPS) is 24.9. The summed E-state index contributed by atoms with van der Waals surface area (Å²) in [6.07, 6.45) is 1.99. The van der Waals surface area contributed by atoms with Gasteiger partial charge in [-0.1, -0.05) is 32.0 Å². The Morgan fingerprint density at radius 1 is 1.36 bits per heavy atom. The Morgan fingerprint density at radius 2 is 2.16 bits per heavy atom. The van der Waals surface area contributed by atoms with E-state index in [0.717, 1.165) is 29.7 Å². The van der Waals surface area contributed by atoms with E-state index in [1.807, 2.05) is 23.1 Å². The van der Waals surface area contributed by atoms with Gasteiger partial charge in [0.05, 0.1) is 0 Å². The van der Waals surface area contributed by atoms with Crippen LogP contribution in [0.3, 0.4) is 0 Å². The number of nitrogens with zero attached hydrogens (tertiary/aromatic N) is 1. The first-order chi connectivity index (χ1) is 12.0. The number of ether oxygens (including phenoxy) is 1. The summed E-state index contributed by atoms with van der Waals surface area (Å²) in [4.78, 5) is 27.0. The predicted octanol–water partition coefficient (Wildman–Crippen LogP) is 2.52. The maximum Gasteiger partial charge on any atom is 0.334 e. The number of esters is 1. The Morgan fingerprint density at radius 3 is 2.92 bits per heavy atom. The molecule has 0 aliphatic carbocycles. The van der Waals surface area contributed by atoms with Crippen LogP contribution in [0.15, 0.2) is 35.4 Å². The molecule has 5 nitrogen and oxygen atoms in total. The molecule has 1 N–H and O–H groups in total. The van der Waals surface area contributed by atoms with E-state index in [1.165, 1.54) is 5.56 Å². The van der Waals surface area contributed by atoms with E-state index in [4.69, 9.17) is 4.74 Å². The number of carbonyl (C=O) groups excluding carboxylic acids is 2. The minimum atomic E-state index is -0.207. The van der Waals surface area contributed by atoms with Gasteiger partial charge < -0.3 is 15.0 Å². The third-order valence-corrected chi connectivity index (χ3v) is 5.33. The van der Waals surface area contributed by atoms with Crippen molar-refractivity contribution in [3.05, 3.63) is 41.0 Å². The predicted molar refractivity (Wildman–Crippen MR) is 95.1 cm³/mol. The number of hydrogen-bond donors (Lipinski definition) is 1. The molecule has 2 unspecified atom stereocenters. The summed E-state index contributed by atoms with van der Waals surface area (Å²) in [6.45, 7) is 5.36. The maximum atomic E-state index is 13.0. The number of para-hydroxylation sites is 1. The second-order valence-corrected chi connectivity index (χ2v) is 7.60. The molecule has 0 radical (unpaired) electrons. The SMILES string of the molecule is CC(C)CC1OC(=O)C2=C1CN(C(=O)C1Cc3ccccc3N1)CC2. The van der Waals surface area contributed by atoms with E-state index in [2.05, 4.69) is 25.2 Å². The van der Waals surface area contributed by atoms with Crippen molar-refractivity contribution in [2.24, 2.45) is 5.92 Å². The molecular weight excluding hydrogens is 316 g/mol. The molecule has 1 aromatic rings. The Bertz CT molecular complexity index is 728. The Hall–Kier alpha value is -2.30.